The molecule has 0 aliphatic rings. The zero-order chi connectivity index (χ0) is 13.7. The summed E-state index contributed by atoms with van der Waals surface area (Å²) in [5, 5.41) is 0. The lowest BCUT2D eigenvalue weighted by molar-refractivity contribution is -0.128. The molecule has 0 heterocycles. The van der Waals surface area contributed by atoms with Crippen molar-refractivity contribution in [2.24, 2.45) is 0 Å². The number of nitrogens with zero attached hydrogens (tertiary/aromatic N) is 1. The van der Waals surface area contributed by atoms with Gasteiger partial charge in [0.25, 0.3) is 5.91 Å². The zero-order valence-electron chi connectivity index (χ0n) is 11.8. The molecule has 96 valence electrons. The molecule has 1 aromatic rings. The maximum absolute atomic E-state index is 12.0. The monoisotopic (exact) mass is 243 g/mol. The first kappa shape index (κ1) is 14.3. The van der Waals surface area contributed by atoms with E-state index < -0.39 is 0 Å². The Morgan fingerprint density at radius 3 is 2.00 bits per heavy atom. The van der Waals surface area contributed by atoms with Crippen molar-refractivity contribution < 1.29 is 4.79 Å². The summed E-state index contributed by atoms with van der Waals surface area (Å²) in [5.74, 6) is 5.53. The Hall–Kier alpha value is -1.75. The summed E-state index contributed by atoms with van der Waals surface area (Å²) in [6.07, 6.45) is 0. The van der Waals surface area contributed by atoms with Crippen molar-refractivity contribution in [3.63, 3.8) is 0 Å². The van der Waals surface area contributed by atoms with E-state index in [2.05, 4.69) is 11.8 Å². The quantitative estimate of drug-likeness (QED) is 0.731. The zero-order valence-corrected chi connectivity index (χ0v) is 11.8. The van der Waals surface area contributed by atoms with Gasteiger partial charge in [0.05, 0.1) is 0 Å². The molecular weight excluding hydrogens is 222 g/mol. The Balaban J connectivity index is 2.84. The summed E-state index contributed by atoms with van der Waals surface area (Å²) >= 11 is 0. The minimum absolute atomic E-state index is 0.111. The van der Waals surface area contributed by atoms with Crippen LogP contribution in [0.25, 0.3) is 0 Å². The van der Waals surface area contributed by atoms with Gasteiger partial charge >= 0.3 is 0 Å². The topological polar surface area (TPSA) is 20.3 Å². The first-order chi connectivity index (χ1) is 8.41. The van der Waals surface area contributed by atoms with Crippen molar-refractivity contribution in [3.05, 3.63) is 35.4 Å². The van der Waals surface area contributed by atoms with E-state index in [1.165, 1.54) is 5.56 Å². The minimum Gasteiger partial charge on any atom is -0.327 e. The van der Waals surface area contributed by atoms with E-state index in [-0.39, 0.29) is 18.0 Å². The predicted octanol–water partition coefficient (Wildman–Crippen LogP) is 2.99. The highest BCUT2D eigenvalue weighted by atomic mass is 16.2. The van der Waals surface area contributed by atoms with Crippen molar-refractivity contribution in [2.75, 3.05) is 0 Å². The molecule has 0 fully saturated rings. The van der Waals surface area contributed by atoms with Gasteiger partial charge in [-0.3, -0.25) is 4.79 Å². The first-order valence-corrected chi connectivity index (χ1v) is 6.32. The average molecular weight is 243 g/mol. The van der Waals surface area contributed by atoms with Crippen LogP contribution in [0, 0.1) is 18.8 Å². The Kier molecular flexibility index (Phi) is 4.97. The van der Waals surface area contributed by atoms with Crippen LogP contribution in [-0.2, 0) is 4.79 Å². The number of benzene rings is 1. The lowest BCUT2D eigenvalue weighted by Gasteiger charge is -2.28. The van der Waals surface area contributed by atoms with Crippen LogP contribution in [0.15, 0.2) is 24.3 Å². The molecule has 0 radical (unpaired) electrons. The molecule has 0 atom stereocenters. The number of amides is 1. The smallest absolute Gasteiger partial charge is 0.299 e. The molecule has 18 heavy (non-hydrogen) atoms. The van der Waals surface area contributed by atoms with Gasteiger partial charge in [-0.2, -0.15) is 0 Å². The molecule has 0 unspecified atom stereocenters. The van der Waals surface area contributed by atoms with Crippen LogP contribution < -0.4 is 0 Å². The Bertz CT molecular complexity index is 452. The molecule has 0 saturated heterocycles. The summed E-state index contributed by atoms with van der Waals surface area (Å²) in [5.41, 5.74) is 2.07. The van der Waals surface area contributed by atoms with E-state index in [9.17, 15) is 4.79 Å². The second-order valence-corrected chi connectivity index (χ2v) is 5.02. The molecule has 2 heteroatoms. The number of hydrogen-bond acceptors (Lipinski definition) is 1. The van der Waals surface area contributed by atoms with E-state index in [0.29, 0.717) is 0 Å². The molecule has 1 aromatic carbocycles. The fraction of sp³-hybridized carbons (Fsp3) is 0.438. The predicted molar refractivity (Wildman–Crippen MR) is 75.2 cm³/mol. The highest BCUT2D eigenvalue weighted by Crippen LogP contribution is 2.05. The van der Waals surface area contributed by atoms with Crippen molar-refractivity contribution in [3.8, 4) is 11.8 Å². The summed E-state index contributed by atoms with van der Waals surface area (Å²) < 4.78 is 0. The Labute approximate surface area is 110 Å². The van der Waals surface area contributed by atoms with Crippen LogP contribution in [-0.4, -0.2) is 22.9 Å². The van der Waals surface area contributed by atoms with Gasteiger partial charge in [0.15, 0.2) is 0 Å². The SMILES string of the molecule is Cc1ccc(C#CC(=O)N(C(C)C)C(C)C)cc1. The van der Waals surface area contributed by atoms with Crippen molar-refractivity contribution >= 4 is 5.91 Å². The molecule has 1 amide bonds. The fourth-order valence-electron chi connectivity index (χ4n) is 1.89. The van der Waals surface area contributed by atoms with E-state index >= 15 is 0 Å². The van der Waals surface area contributed by atoms with E-state index in [4.69, 9.17) is 0 Å². The highest BCUT2D eigenvalue weighted by Gasteiger charge is 2.17. The summed E-state index contributed by atoms with van der Waals surface area (Å²) in [6.45, 7) is 10.1. The summed E-state index contributed by atoms with van der Waals surface area (Å²) in [6, 6.07) is 8.21. The van der Waals surface area contributed by atoms with Gasteiger partial charge in [-0.1, -0.05) is 23.6 Å². The molecular formula is C16H21NO. The number of rotatable bonds is 2. The van der Waals surface area contributed by atoms with Gasteiger partial charge in [-0.05, 0) is 46.8 Å². The highest BCUT2D eigenvalue weighted by molar-refractivity contribution is 5.94. The van der Waals surface area contributed by atoms with Crippen LogP contribution in [0.5, 0.6) is 0 Å². The number of aryl methyl sites for hydroxylation is 1. The average Bonchev–Trinajstić information content (AvgIpc) is 2.27. The molecule has 1 rings (SSSR count). The second-order valence-electron chi connectivity index (χ2n) is 5.02. The van der Waals surface area contributed by atoms with Gasteiger partial charge in [0.1, 0.15) is 0 Å². The molecule has 0 bridgehead atoms. The third-order valence-corrected chi connectivity index (χ3v) is 2.71. The van der Waals surface area contributed by atoms with E-state index in [0.717, 1.165) is 5.56 Å². The van der Waals surface area contributed by atoms with Gasteiger partial charge < -0.3 is 4.90 Å². The van der Waals surface area contributed by atoms with Gasteiger partial charge in [-0.15, -0.1) is 0 Å². The molecule has 0 N–H and O–H groups in total. The lowest BCUT2D eigenvalue weighted by Crippen LogP contribution is -2.41. The fourth-order valence-corrected chi connectivity index (χ4v) is 1.89. The van der Waals surface area contributed by atoms with Crippen molar-refractivity contribution in [1.29, 1.82) is 0 Å². The van der Waals surface area contributed by atoms with Crippen molar-refractivity contribution in [1.82, 2.24) is 4.90 Å². The van der Waals surface area contributed by atoms with Gasteiger partial charge in [-0.25, -0.2) is 0 Å². The van der Waals surface area contributed by atoms with Crippen LogP contribution in [0.1, 0.15) is 38.8 Å². The standard InChI is InChI=1S/C16H21NO/c1-12(2)17(13(3)4)16(18)11-10-15-8-6-14(5)7-9-15/h6-9,12-13H,1-5H3. The van der Waals surface area contributed by atoms with Crippen LogP contribution >= 0.6 is 0 Å². The summed E-state index contributed by atoms with van der Waals surface area (Å²) in [7, 11) is 0. The lowest BCUT2D eigenvalue weighted by atomic mass is 10.1. The largest absolute Gasteiger partial charge is 0.327 e. The Morgan fingerprint density at radius 2 is 1.56 bits per heavy atom. The third kappa shape index (κ3) is 3.92. The van der Waals surface area contributed by atoms with Crippen LogP contribution in [0.4, 0.5) is 0 Å². The molecule has 0 saturated carbocycles. The molecule has 0 aliphatic carbocycles. The van der Waals surface area contributed by atoms with Gasteiger partial charge in [0, 0.05) is 23.6 Å². The normalized spacial score (nSPS) is 10.2. The number of hydrogen-bond donors (Lipinski definition) is 0. The van der Waals surface area contributed by atoms with Crippen LogP contribution in [0.2, 0.25) is 0 Å². The second kappa shape index (κ2) is 6.26. The first-order valence-electron chi connectivity index (χ1n) is 6.32. The Morgan fingerprint density at radius 1 is 1.06 bits per heavy atom. The molecule has 0 aromatic heterocycles. The number of carbonyl (C=O) groups excluding carboxylic acids is 1. The third-order valence-electron chi connectivity index (χ3n) is 2.71. The number of carbonyl (C=O) groups is 1. The molecule has 0 aliphatic heterocycles. The van der Waals surface area contributed by atoms with Gasteiger partial charge in [0.2, 0.25) is 0 Å². The maximum Gasteiger partial charge on any atom is 0.299 e. The minimum atomic E-state index is -0.111. The van der Waals surface area contributed by atoms with E-state index in [1.54, 1.807) is 4.90 Å². The van der Waals surface area contributed by atoms with Crippen molar-refractivity contribution in [2.45, 2.75) is 46.7 Å². The maximum atomic E-state index is 12.0. The molecule has 2 nitrogen and oxygen atoms in total. The van der Waals surface area contributed by atoms with E-state index in [1.807, 2.05) is 58.9 Å². The molecule has 0 spiro atoms. The van der Waals surface area contributed by atoms with Crippen LogP contribution in [0.3, 0.4) is 0 Å². The summed E-state index contributed by atoms with van der Waals surface area (Å²) in [4.78, 5) is 13.8.